The number of anilines is 1. The molecule has 0 bridgehead atoms. The lowest BCUT2D eigenvalue weighted by Crippen LogP contribution is -2.20. The Labute approximate surface area is 132 Å². The third-order valence-electron chi connectivity index (χ3n) is 2.68. The van der Waals surface area contributed by atoms with Crippen LogP contribution in [0.4, 0.5) is 5.13 Å². The summed E-state index contributed by atoms with van der Waals surface area (Å²) in [4.78, 5) is 16.1. The average Bonchev–Trinajstić information content (AvgIpc) is 2.91. The smallest absolute Gasteiger partial charge is 0.262 e. The van der Waals surface area contributed by atoms with Crippen LogP contribution in [0.5, 0.6) is 0 Å². The highest BCUT2D eigenvalue weighted by atomic mass is 35.5. The van der Waals surface area contributed by atoms with Crippen molar-refractivity contribution in [2.45, 2.75) is 0 Å². The van der Waals surface area contributed by atoms with E-state index in [1.54, 1.807) is 17.6 Å². The second-order valence-electron chi connectivity index (χ2n) is 4.09. The predicted octanol–water partition coefficient (Wildman–Crippen LogP) is 3.93. The normalized spacial score (nSPS) is 10.8. The van der Waals surface area contributed by atoms with E-state index in [0.29, 0.717) is 21.1 Å². The lowest BCUT2D eigenvalue weighted by molar-refractivity contribution is 0.102. The highest BCUT2D eigenvalue weighted by molar-refractivity contribution is 7.13. The number of halogens is 2. The van der Waals surface area contributed by atoms with Crippen LogP contribution in [0, 0.1) is 5.41 Å². The summed E-state index contributed by atoms with van der Waals surface area (Å²) in [6, 6.07) is 4.65. The number of carbonyl (C=O) groups is 1. The highest BCUT2D eigenvalue weighted by Crippen LogP contribution is 2.27. The maximum absolute atomic E-state index is 12.2. The second kappa shape index (κ2) is 5.48. The molecule has 2 N–H and O–H groups in total. The molecule has 3 aromatic rings. The molecule has 0 radical (unpaired) electrons. The van der Waals surface area contributed by atoms with Crippen molar-refractivity contribution in [1.29, 1.82) is 5.41 Å². The van der Waals surface area contributed by atoms with Gasteiger partial charge in [0.25, 0.3) is 5.91 Å². The molecule has 1 amide bonds. The zero-order valence-corrected chi connectivity index (χ0v) is 12.6. The molecule has 0 aliphatic rings. The third kappa shape index (κ3) is 2.78. The van der Waals surface area contributed by atoms with Crippen molar-refractivity contribution in [2.24, 2.45) is 0 Å². The van der Waals surface area contributed by atoms with E-state index in [0.717, 1.165) is 0 Å². The van der Waals surface area contributed by atoms with Gasteiger partial charge < -0.3 is 4.42 Å². The van der Waals surface area contributed by atoms with Crippen molar-refractivity contribution in [2.75, 3.05) is 5.32 Å². The van der Waals surface area contributed by atoms with Gasteiger partial charge in [-0.25, -0.2) is 4.98 Å². The summed E-state index contributed by atoms with van der Waals surface area (Å²) in [5.41, 5.74) is 0.119. The highest BCUT2D eigenvalue weighted by Gasteiger charge is 2.14. The summed E-state index contributed by atoms with van der Waals surface area (Å²) in [5.74, 6) is -0.475. The Bertz CT molecular complexity index is 890. The average molecular weight is 340 g/mol. The third-order valence-corrected chi connectivity index (χ3v) is 3.87. The number of fused-ring (bicyclic) bond motifs is 1. The summed E-state index contributed by atoms with van der Waals surface area (Å²) in [7, 11) is 0. The number of aromatic nitrogens is 1. The minimum Gasteiger partial charge on any atom is -0.437 e. The molecule has 0 unspecified atom stereocenters. The van der Waals surface area contributed by atoms with Crippen molar-refractivity contribution in [3.8, 4) is 0 Å². The quantitative estimate of drug-likeness (QED) is 0.742. The molecule has 5 nitrogen and oxygen atoms in total. The number of benzene rings is 1. The van der Waals surface area contributed by atoms with Crippen LogP contribution in [0.15, 0.2) is 34.2 Å². The molecule has 0 fully saturated rings. The molecule has 0 saturated carbocycles. The van der Waals surface area contributed by atoms with Crippen molar-refractivity contribution >= 4 is 56.5 Å². The van der Waals surface area contributed by atoms with E-state index < -0.39 is 5.91 Å². The van der Waals surface area contributed by atoms with Gasteiger partial charge in [-0.05, 0) is 18.2 Å². The molecule has 2 aromatic heterocycles. The van der Waals surface area contributed by atoms with Gasteiger partial charge in [0.05, 0.1) is 5.02 Å². The Morgan fingerprint density at radius 3 is 2.86 bits per heavy atom. The van der Waals surface area contributed by atoms with Crippen LogP contribution in [0.25, 0.3) is 11.0 Å². The van der Waals surface area contributed by atoms with Crippen molar-refractivity contribution in [3.63, 3.8) is 0 Å². The number of amides is 1. The van der Waals surface area contributed by atoms with Gasteiger partial charge in [-0.1, -0.05) is 23.2 Å². The number of hydrogen-bond donors (Lipinski definition) is 2. The Kier molecular flexibility index (Phi) is 3.67. The summed E-state index contributed by atoms with van der Waals surface area (Å²) in [5, 5.41) is 13.9. The van der Waals surface area contributed by atoms with Gasteiger partial charge in [0.15, 0.2) is 10.7 Å². The number of rotatable bonds is 2. The second-order valence-corrected chi connectivity index (χ2v) is 5.82. The first kappa shape index (κ1) is 14.1. The largest absolute Gasteiger partial charge is 0.437 e. The van der Waals surface area contributed by atoms with Crippen LogP contribution in [0.3, 0.4) is 0 Å². The van der Waals surface area contributed by atoms with E-state index in [4.69, 9.17) is 33.0 Å². The van der Waals surface area contributed by atoms with Crippen LogP contribution >= 0.6 is 34.5 Å². The zero-order chi connectivity index (χ0) is 15.0. The standard InChI is InChI=1S/C13H7Cl2N3O2S/c14-7-3-6-4-8(11(16)20-10(6)9(15)5-7)12(19)18-13-17-1-2-21-13/h1-5,16H,(H,17,18,19). The monoisotopic (exact) mass is 339 g/mol. The first-order valence-corrected chi connectivity index (χ1v) is 7.36. The van der Waals surface area contributed by atoms with Gasteiger partial charge in [-0.15, -0.1) is 11.3 Å². The molecule has 2 heterocycles. The molecule has 0 atom stereocenters. The fraction of sp³-hybridized carbons (Fsp3) is 0. The fourth-order valence-corrected chi connectivity index (χ4v) is 2.86. The molecular weight excluding hydrogens is 333 g/mol. The van der Waals surface area contributed by atoms with Crippen LogP contribution < -0.4 is 10.9 Å². The van der Waals surface area contributed by atoms with Gasteiger partial charge in [-0.2, -0.15) is 0 Å². The van der Waals surface area contributed by atoms with Crippen molar-refractivity contribution < 1.29 is 9.21 Å². The minimum atomic E-state index is -0.475. The van der Waals surface area contributed by atoms with E-state index in [-0.39, 0.29) is 16.1 Å². The molecule has 0 aliphatic heterocycles. The van der Waals surface area contributed by atoms with E-state index in [1.165, 1.54) is 23.5 Å². The lowest BCUT2D eigenvalue weighted by Gasteiger charge is -2.05. The van der Waals surface area contributed by atoms with E-state index in [9.17, 15) is 4.79 Å². The van der Waals surface area contributed by atoms with Crippen LogP contribution in [0.1, 0.15) is 10.4 Å². The fourth-order valence-electron chi connectivity index (χ4n) is 1.79. The molecule has 106 valence electrons. The molecule has 0 spiro atoms. The van der Waals surface area contributed by atoms with Crippen molar-refractivity contribution in [1.82, 2.24) is 4.98 Å². The number of carbonyl (C=O) groups excluding carboxylic acids is 1. The molecule has 1 aromatic carbocycles. The van der Waals surface area contributed by atoms with E-state index >= 15 is 0 Å². The Balaban J connectivity index is 2.08. The minimum absolute atomic E-state index is 0.0797. The predicted molar refractivity (Wildman–Crippen MR) is 82.2 cm³/mol. The maximum Gasteiger partial charge on any atom is 0.262 e. The molecule has 0 saturated heterocycles. The van der Waals surface area contributed by atoms with Crippen LogP contribution in [0.2, 0.25) is 10.0 Å². The number of nitrogens with zero attached hydrogens (tertiary/aromatic N) is 1. The van der Waals surface area contributed by atoms with Gasteiger partial charge >= 0.3 is 0 Å². The summed E-state index contributed by atoms with van der Waals surface area (Å²) in [6.45, 7) is 0. The van der Waals surface area contributed by atoms with Gasteiger partial charge in [0, 0.05) is 22.0 Å². The first-order valence-electron chi connectivity index (χ1n) is 5.73. The molecule has 8 heteroatoms. The van der Waals surface area contributed by atoms with Crippen LogP contribution in [-0.4, -0.2) is 10.9 Å². The van der Waals surface area contributed by atoms with Crippen LogP contribution in [-0.2, 0) is 0 Å². The van der Waals surface area contributed by atoms with E-state index in [2.05, 4.69) is 10.3 Å². The molecular formula is C13H7Cl2N3O2S. The Morgan fingerprint density at radius 2 is 2.14 bits per heavy atom. The zero-order valence-electron chi connectivity index (χ0n) is 10.3. The first-order chi connectivity index (χ1) is 10.0. The SMILES string of the molecule is N=c1oc2c(Cl)cc(Cl)cc2cc1C(=O)Nc1nccs1. The topological polar surface area (TPSA) is 79.0 Å². The van der Waals surface area contributed by atoms with Gasteiger partial charge in [0.1, 0.15) is 5.56 Å². The summed E-state index contributed by atoms with van der Waals surface area (Å²) in [6.07, 6.45) is 1.58. The van der Waals surface area contributed by atoms with Gasteiger partial charge in [0.2, 0.25) is 5.55 Å². The number of hydrogen-bond acceptors (Lipinski definition) is 5. The maximum atomic E-state index is 12.2. The Hall–Kier alpha value is -1.89. The van der Waals surface area contributed by atoms with Gasteiger partial charge in [-0.3, -0.25) is 15.5 Å². The lowest BCUT2D eigenvalue weighted by atomic mass is 10.2. The molecule has 3 rings (SSSR count). The Morgan fingerprint density at radius 1 is 1.33 bits per heavy atom. The van der Waals surface area contributed by atoms with E-state index in [1.807, 2.05) is 0 Å². The van der Waals surface area contributed by atoms with Crippen molar-refractivity contribution in [3.05, 3.63) is 50.9 Å². The number of thiazole rings is 1. The number of nitrogens with one attached hydrogen (secondary N) is 2. The molecule has 21 heavy (non-hydrogen) atoms. The summed E-state index contributed by atoms with van der Waals surface area (Å²) < 4.78 is 5.32. The summed E-state index contributed by atoms with van der Waals surface area (Å²) >= 11 is 13.2. The molecule has 0 aliphatic carbocycles.